The zero-order valence-corrected chi connectivity index (χ0v) is 13.2. The molecule has 1 aromatic rings. The number of amides is 2. The van der Waals surface area contributed by atoms with Crippen molar-refractivity contribution in [3.63, 3.8) is 0 Å². The molecule has 1 aromatic carbocycles. The van der Waals surface area contributed by atoms with Crippen molar-refractivity contribution in [2.45, 2.75) is 51.8 Å². The number of likely N-dealkylation sites (tertiary alicyclic amines) is 1. The first-order chi connectivity index (χ1) is 10.6. The van der Waals surface area contributed by atoms with Crippen LogP contribution in [0.15, 0.2) is 30.3 Å². The number of hydrogen-bond donors (Lipinski definition) is 1. The fraction of sp³-hybridized carbons (Fsp3) is 0.529. The third-order valence-electron chi connectivity index (χ3n) is 4.00. The number of ether oxygens (including phenoxy) is 1. The van der Waals surface area contributed by atoms with Gasteiger partial charge in [-0.25, -0.2) is 4.79 Å². The average molecular weight is 304 g/mol. The van der Waals surface area contributed by atoms with Gasteiger partial charge in [-0.2, -0.15) is 0 Å². The number of carbonyl (C=O) groups is 2. The maximum Gasteiger partial charge on any atom is 0.410 e. The predicted octanol–water partition coefficient (Wildman–Crippen LogP) is 2.70. The van der Waals surface area contributed by atoms with E-state index >= 15 is 0 Å². The van der Waals surface area contributed by atoms with E-state index in [1.54, 1.807) is 4.90 Å². The van der Waals surface area contributed by atoms with Crippen LogP contribution in [-0.2, 0) is 16.1 Å². The summed E-state index contributed by atoms with van der Waals surface area (Å²) < 4.78 is 5.33. The first-order valence-corrected chi connectivity index (χ1v) is 7.89. The summed E-state index contributed by atoms with van der Waals surface area (Å²) in [5.74, 6) is -0.0801. The molecule has 1 saturated heterocycles. The molecule has 2 atom stereocenters. The van der Waals surface area contributed by atoms with Crippen LogP contribution >= 0.6 is 0 Å². The van der Waals surface area contributed by atoms with Gasteiger partial charge in [-0.1, -0.05) is 37.3 Å². The molecule has 1 N–H and O–H groups in total. The summed E-state index contributed by atoms with van der Waals surface area (Å²) in [6.45, 7) is 4.79. The SMILES string of the molecule is CC[C@@H](C)NC(=O)[C@H]1CCCN1C(=O)OCc1ccccc1. The normalized spacial score (nSPS) is 18.8. The van der Waals surface area contributed by atoms with E-state index in [4.69, 9.17) is 4.74 Å². The van der Waals surface area contributed by atoms with Crippen LogP contribution in [0.4, 0.5) is 4.79 Å². The molecule has 0 radical (unpaired) electrons. The number of benzene rings is 1. The smallest absolute Gasteiger partial charge is 0.410 e. The molecule has 0 aliphatic carbocycles. The Morgan fingerprint density at radius 1 is 1.36 bits per heavy atom. The van der Waals surface area contributed by atoms with Gasteiger partial charge in [-0.15, -0.1) is 0 Å². The second kappa shape index (κ2) is 7.82. The van der Waals surface area contributed by atoms with Gasteiger partial charge in [0.2, 0.25) is 5.91 Å². The molecular formula is C17H24N2O3. The number of carbonyl (C=O) groups excluding carboxylic acids is 2. The Labute approximate surface area is 131 Å². The lowest BCUT2D eigenvalue weighted by Gasteiger charge is -2.24. The van der Waals surface area contributed by atoms with E-state index in [1.807, 2.05) is 44.2 Å². The largest absolute Gasteiger partial charge is 0.445 e. The van der Waals surface area contributed by atoms with Crippen molar-refractivity contribution in [2.75, 3.05) is 6.54 Å². The zero-order valence-electron chi connectivity index (χ0n) is 13.2. The van der Waals surface area contributed by atoms with Gasteiger partial charge >= 0.3 is 6.09 Å². The molecule has 120 valence electrons. The zero-order chi connectivity index (χ0) is 15.9. The van der Waals surface area contributed by atoms with Crippen molar-refractivity contribution in [3.05, 3.63) is 35.9 Å². The Morgan fingerprint density at radius 3 is 2.77 bits per heavy atom. The highest BCUT2D eigenvalue weighted by Crippen LogP contribution is 2.19. The predicted molar refractivity (Wildman–Crippen MR) is 84.3 cm³/mol. The first kappa shape index (κ1) is 16.3. The van der Waals surface area contributed by atoms with Crippen LogP contribution in [0.2, 0.25) is 0 Å². The van der Waals surface area contributed by atoms with Crippen LogP contribution in [-0.4, -0.2) is 35.5 Å². The molecule has 0 aromatic heterocycles. The van der Waals surface area contributed by atoms with Crippen molar-refractivity contribution >= 4 is 12.0 Å². The van der Waals surface area contributed by atoms with Crippen molar-refractivity contribution in [2.24, 2.45) is 0 Å². The quantitative estimate of drug-likeness (QED) is 0.910. The Morgan fingerprint density at radius 2 is 2.09 bits per heavy atom. The topological polar surface area (TPSA) is 58.6 Å². The van der Waals surface area contributed by atoms with Gasteiger partial charge in [0.05, 0.1) is 0 Å². The van der Waals surface area contributed by atoms with Gasteiger partial charge in [0.15, 0.2) is 0 Å². The molecule has 5 nitrogen and oxygen atoms in total. The van der Waals surface area contributed by atoms with Crippen molar-refractivity contribution < 1.29 is 14.3 Å². The molecule has 1 heterocycles. The van der Waals surface area contributed by atoms with Gasteiger partial charge in [0, 0.05) is 12.6 Å². The van der Waals surface area contributed by atoms with E-state index in [9.17, 15) is 9.59 Å². The second-order valence-corrected chi connectivity index (χ2v) is 5.71. The first-order valence-electron chi connectivity index (χ1n) is 7.89. The maximum atomic E-state index is 12.2. The van der Waals surface area contributed by atoms with Crippen molar-refractivity contribution in [1.29, 1.82) is 0 Å². The van der Waals surface area contributed by atoms with E-state index in [2.05, 4.69) is 5.32 Å². The minimum Gasteiger partial charge on any atom is -0.445 e. The lowest BCUT2D eigenvalue weighted by atomic mass is 10.2. The van der Waals surface area contributed by atoms with E-state index in [0.717, 1.165) is 18.4 Å². The number of hydrogen-bond acceptors (Lipinski definition) is 3. The third-order valence-corrected chi connectivity index (χ3v) is 4.00. The Hall–Kier alpha value is -2.04. The molecule has 0 unspecified atom stereocenters. The van der Waals surface area contributed by atoms with Crippen LogP contribution in [0.5, 0.6) is 0 Å². The third kappa shape index (κ3) is 4.23. The average Bonchev–Trinajstić information content (AvgIpc) is 3.03. The fourth-order valence-electron chi connectivity index (χ4n) is 2.50. The summed E-state index contributed by atoms with van der Waals surface area (Å²) in [5.41, 5.74) is 0.940. The summed E-state index contributed by atoms with van der Waals surface area (Å²) in [4.78, 5) is 26.0. The van der Waals surface area contributed by atoms with Crippen LogP contribution in [0, 0.1) is 0 Å². The van der Waals surface area contributed by atoms with Crippen molar-refractivity contribution in [1.82, 2.24) is 10.2 Å². The summed E-state index contributed by atoms with van der Waals surface area (Å²) in [5, 5.41) is 2.94. The molecular weight excluding hydrogens is 280 g/mol. The Kier molecular flexibility index (Phi) is 5.81. The highest BCUT2D eigenvalue weighted by atomic mass is 16.6. The molecule has 0 spiro atoms. The number of nitrogens with zero attached hydrogens (tertiary/aromatic N) is 1. The molecule has 1 aliphatic heterocycles. The molecule has 1 aliphatic rings. The fourth-order valence-corrected chi connectivity index (χ4v) is 2.50. The van der Waals surface area contributed by atoms with Gasteiger partial charge in [-0.05, 0) is 31.7 Å². The maximum absolute atomic E-state index is 12.2. The van der Waals surface area contributed by atoms with Gasteiger partial charge in [-0.3, -0.25) is 9.69 Å². The highest BCUT2D eigenvalue weighted by molar-refractivity contribution is 5.86. The Bertz CT molecular complexity index is 504. The molecule has 2 rings (SSSR count). The minimum atomic E-state index is -0.411. The van der Waals surface area contributed by atoms with Crippen LogP contribution in [0.1, 0.15) is 38.7 Å². The van der Waals surface area contributed by atoms with Gasteiger partial charge in [0.1, 0.15) is 12.6 Å². The molecule has 0 bridgehead atoms. The number of nitrogens with one attached hydrogen (secondary N) is 1. The van der Waals surface area contributed by atoms with Crippen molar-refractivity contribution in [3.8, 4) is 0 Å². The molecule has 2 amide bonds. The summed E-state index contributed by atoms with van der Waals surface area (Å²) in [6, 6.07) is 9.26. The van der Waals surface area contributed by atoms with Gasteiger partial charge < -0.3 is 10.1 Å². The second-order valence-electron chi connectivity index (χ2n) is 5.71. The lowest BCUT2D eigenvalue weighted by molar-refractivity contribution is -0.125. The number of rotatable bonds is 5. The molecule has 5 heteroatoms. The molecule has 1 fully saturated rings. The Balaban J connectivity index is 1.89. The molecule has 0 saturated carbocycles. The summed E-state index contributed by atoms with van der Waals surface area (Å²) >= 11 is 0. The standard InChI is InChI=1S/C17H24N2O3/c1-3-13(2)18-16(20)15-10-7-11-19(15)17(21)22-12-14-8-5-4-6-9-14/h4-6,8-9,13,15H,3,7,10-12H2,1-2H3,(H,18,20)/t13-,15-/m1/s1. The lowest BCUT2D eigenvalue weighted by Crippen LogP contribution is -2.48. The minimum absolute atomic E-state index is 0.0801. The summed E-state index contributed by atoms with van der Waals surface area (Å²) in [7, 11) is 0. The van der Waals surface area contributed by atoms with E-state index in [0.29, 0.717) is 13.0 Å². The summed E-state index contributed by atoms with van der Waals surface area (Å²) in [6.07, 6.45) is 1.99. The van der Waals surface area contributed by atoms with E-state index in [-0.39, 0.29) is 18.6 Å². The van der Waals surface area contributed by atoms with E-state index in [1.165, 1.54) is 0 Å². The van der Waals surface area contributed by atoms with Crippen LogP contribution in [0.3, 0.4) is 0 Å². The highest BCUT2D eigenvalue weighted by Gasteiger charge is 2.35. The van der Waals surface area contributed by atoms with Crippen LogP contribution in [0.25, 0.3) is 0 Å². The monoisotopic (exact) mass is 304 g/mol. The van der Waals surface area contributed by atoms with Gasteiger partial charge in [0.25, 0.3) is 0 Å². The molecule has 22 heavy (non-hydrogen) atoms. The van der Waals surface area contributed by atoms with Crippen LogP contribution < -0.4 is 5.32 Å². The van der Waals surface area contributed by atoms with E-state index < -0.39 is 12.1 Å².